The maximum absolute atomic E-state index is 14.1. The zero-order valence-corrected chi connectivity index (χ0v) is 12.9. The molecule has 0 aliphatic carbocycles. The largest absolute Gasteiger partial charge is 0.399 e. The lowest BCUT2D eigenvalue weighted by Gasteiger charge is -2.36. The van der Waals surface area contributed by atoms with E-state index in [2.05, 4.69) is 0 Å². The van der Waals surface area contributed by atoms with E-state index in [1.807, 2.05) is 0 Å². The fourth-order valence-corrected chi connectivity index (χ4v) is 4.19. The highest BCUT2D eigenvalue weighted by molar-refractivity contribution is 7.89. The van der Waals surface area contributed by atoms with Crippen LogP contribution in [0.1, 0.15) is 6.92 Å². The van der Waals surface area contributed by atoms with Crippen molar-refractivity contribution < 1.29 is 22.7 Å². The number of nitrogen functional groups attached to an aromatic ring is 1. The first-order chi connectivity index (χ1) is 9.77. The molecule has 1 aliphatic rings. The molecule has 118 valence electrons. The Balaban J connectivity index is 2.46. The van der Waals surface area contributed by atoms with Gasteiger partial charge in [-0.2, -0.15) is 4.31 Å². The van der Waals surface area contributed by atoms with Crippen LogP contribution in [0.2, 0.25) is 5.02 Å². The zero-order chi connectivity index (χ0) is 15.8. The van der Waals surface area contributed by atoms with Gasteiger partial charge in [0, 0.05) is 18.3 Å². The Kier molecular flexibility index (Phi) is 4.74. The fourth-order valence-electron chi connectivity index (χ4n) is 2.14. The summed E-state index contributed by atoms with van der Waals surface area (Å²) in [4.78, 5) is -0.571. The first-order valence-corrected chi connectivity index (χ1v) is 8.08. The van der Waals surface area contributed by atoms with Crippen molar-refractivity contribution in [3.63, 3.8) is 0 Å². The molecule has 1 aromatic carbocycles. The lowest BCUT2D eigenvalue weighted by Crippen LogP contribution is -2.52. The van der Waals surface area contributed by atoms with Crippen LogP contribution in [0.15, 0.2) is 17.0 Å². The standard InChI is InChI=1S/C12H16ClFN2O4S/c1-7-6-20-9(5-17)4-16(7)21(18,19)11-3-8(15)2-10(13)12(11)14/h2-3,7,9,17H,4-6,15H2,1H3. The maximum Gasteiger partial charge on any atom is 0.246 e. The summed E-state index contributed by atoms with van der Waals surface area (Å²) in [7, 11) is -4.13. The molecule has 2 rings (SSSR count). The maximum atomic E-state index is 14.1. The fraction of sp³-hybridized carbons (Fsp3) is 0.500. The number of nitrogens with zero attached hydrogens (tertiary/aromatic N) is 1. The van der Waals surface area contributed by atoms with E-state index in [4.69, 9.17) is 27.2 Å². The molecule has 1 aliphatic heterocycles. The Hall–Kier alpha value is -0.930. The molecule has 0 saturated carbocycles. The third kappa shape index (κ3) is 3.14. The third-order valence-corrected chi connectivity index (χ3v) is 5.51. The van der Waals surface area contributed by atoms with Crippen LogP contribution in [-0.2, 0) is 14.8 Å². The number of morpholine rings is 1. The molecule has 0 bridgehead atoms. The number of sulfonamides is 1. The molecule has 21 heavy (non-hydrogen) atoms. The van der Waals surface area contributed by atoms with Gasteiger partial charge in [-0.25, -0.2) is 12.8 Å². The molecule has 3 N–H and O–H groups in total. The molecule has 0 aromatic heterocycles. The van der Waals surface area contributed by atoms with Crippen molar-refractivity contribution in [2.45, 2.75) is 24.0 Å². The predicted molar refractivity (Wildman–Crippen MR) is 76.0 cm³/mol. The van der Waals surface area contributed by atoms with Crippen molar-refractivity contribution in [3.8, 4) is 0 Å². The van der Waals surface area contributed by atoms with Gasteiger partial charge < -0.3 is 15.6 Å². The number of ether oxygens (including phenoxy) is 1. The van der Waals surface area contributed by atoms with E-state index in [-0.39, 0.29) is 30.5 Å². The summed E-state index contributed by atoms with van der Waals surface area (Å²) >= 11 is 5.65. The van der Waals surface area contributed by atoms with Crippen LogP contribution in [0, 0.1) is 5.82 Å². The van der Waals surface area contributed by atoms with Gasteiger partial charge in [-0.15, -0.1) is 0 Å². The SMILES string of the molecule is CC1COC(CO)CN1S(=O)(=O)c1cc(N)cc(Cl)c1F. The Morgan fingerprint density at radius 1 is 1.57 bits per heavy atom. The lowest BCUT2D eigenvalue weighted by molar-refractivity contribution is -0.0516. The van der Waals surface area contributed by atoms with Gasteiger partial charge in [-0.3, -0.25) is 0 Å². The highest BCUT2D eigenvalue weighted by atomic mass is 35.5. The summed E-state index contributed by atoms with van der Waals surface area (Å²) in [6.07, 6.45) is -0.643. The van der Waals surface area contributed by atoms with E-state index in [1.54, 1.807) is 6.92 Å². The molecule has 9 heteroatoms. The molecule has 0 radical (unpaired) electrons. The first kappa shape index (κ1) is 16.4. The Morgan fingerprint density at radius 2 is 2.24 bits per heavy atom. The van der Waals surface area contributed by atoms with Gasteiger partial charge >= 0.3 is 0 Å². The Labute approximate surface area is 127 Å². The molecule has 1 saturated heterocycles. The summed E-state index contributed by atoms with van der Waals surface area (Å²) < 4.78 is 45.7. The van der Waals surface area contributed by atoms with E-state index in [0.717, 1.165) is 16.4 Å². The average molecular weight is 339 g/mol. The normalized spacial score (nSPS) is 24.2. The van der Waals surface area contributed by atoms with Gasteiger partial charge in [0.15, 0.2) is 5.82 Å². The zero-order valence-electron chi connectivity index (χ0n) is 11.3. The van der Waals surface area contributed by atoms with Crippen LogP contribution >= 0.6 is 11.6 Å². The molecule has 0 spiro atoms. The van der Waals surface area contributed by atoms with Gasteiger partial charge in [0.1, 0.15) is 4.90 Å². The molecular formula is C12H16ClFN2O4S. The van der Waals surface area contributed by atoms with Crippen LogP contribution in [0.4, 0.5) is 10.1 Å². The smallest absolute Gasteiger partial charge is 0.246 e. The second-order valence-corrected chi connectivity index (χ2v) is 7.14. The molecule has 0 amide bonds. The van der Waals surface area contributed by atoms with E-state index >= 15 is 0 Å². The van der Waals surface area contributed by atoms with Crippen molar-refractivity contribution in [2.75, 3.05) is 25.5 Å². The van der Waals surface area contributed by atoms with Crippen molar-refractivity contribution >= 4 is 27.3 Å². The lowest BCUT2D eigenvalue weighted by atomic mass is 10.2. The number of aliphatic hydroxyl groups is 1. The summed E-state index contributed by atoms with van der Waals surface area (Å²) in [6, 6.07) is 1.69. The number of nitrogens with two attached hydrogens (primary N) is 1. The third-order valence-electron chi connectivity index (χ3n) is 3.26. The van der Waals surface area contributed by atoms with E-state index in [9.17, 15) is 12.8 Å². The number of halogens is 2. The van der Waals surface area contributed by atoms with Gasteiger partial charge in [0.2, 0.25) is 10.0 Å². The van der Waals surface area contributed by atoms with Crippen LogP contribution < -0.4 is 5.73 Å². The van der Waals surface area contributed by atoms with Crippen LogP contribution in [0.5, 0.6) is 0 Å². The second kappa shape index (κ2) is 6.05. The molecular weight excluding hydrogens is 323 g/mol. The van der Waals surface area contributed by atoms with Gasteiger partial charge in [0.05, 0.1) is 24.3 Å². The Bertz CT molecular complexity index is 640. The summed E-state index contributed by atoms with van der Waals surface area (Å²) in [5.41, 5.74) is 5.60. The monoisotopic (exact) mass is 338 g/mol. The van der Waals surface area contributed by atoms with Gasteiger partial charge in [-0.05, 0) is 19.1 Å². The summed E-state index contributed by atoms with van der Waals surface area (Å²) in [5.74, 6) is -1.04. The van der Waals surface area contributed by atoms with Gasteiger partial charge in [0.25, 0.3) is 0 Å². The molecule has 1 heterocycles. The minimum Gasteiger partial charge on any atom is -0.399 e. The topological polar surface area (TPSA) is 92.9 Å². The van der Waals surface area contributed by atoms with Crippen LogP contribution in [0.25, 0.3) is 0 Å². The molecule has 2 atom stereocenters. The number of rotatable bonds is 3. The van der Waals surface area contributed by atoms with E-state index in [1.165, 1.54) is 0 Å². The minimum atomic E-state index is -4.13. The molecule has 1 aromatic rings. The summed E-state index contributed by atoms with van der Waals surface area (Å²) in [5, 5.41) is 8.76. The molecule has 6 nitrogen and oxygen atoms in total. The highest BCUT2D eigenvalue weighted by Gasteiger charge is 2.37. The quantitative estimate of drug-likeness (QED) is 0.796. The number of hydrogen-bond donors (Lipinski definition) is 2. The van der Waals surface area contributed by atoms with E-state index < -0.39 is 32.9 Å². The number of hydrogen-bond acceptors (Lipinski definition) is 5. The number of anilines is 1. The van der Waals surface area contributed by atoms with Crippen LogP contribution in [0.3, 0.4) is 0 Å². The van der Waals surface area contributed by atoms with Crippen LogP contribution in [-0.4, -0.2) is 49.7 Å². The minimum absolute atomic E-state index is 0.0552. The first-order valence-electron chi connectivity index (χ1n) is 6.26. The van der Waals surface area contributed by atoms with Crippen molar-refractivity contribution in [1.82, 2.24) is 4.31 Å². The molecule has 1 fully saturated rings. The average Bonchev–Trinajstić information content (AvgIpc) is 2.43. The van der Waals surface area contributed by atoms with Gasteiger partial charge in [-0.1, -0.05) is 11.6 Å². The number of aliphatic hydroxyl groups excluding tert-OH is 1. The molecule has 2 unspecified atom stereocenters. The van der Waals surface area contributed by atoms with Crippen molar-refractivity contribution in [1.29, 1.82) is 0 Å². The predicted octanol–water partition coefficient (Wildman–Crippen LogP) is 0.832. The van der Waals surface area contributed by atoms with Crippen molar-refractivity contribution in [2.24, 2.45) is 0 Å². The second-order valence-electron chi connectivity index (χ2n) is 4.88. The van der Waals surface area contributed by atoms with E-state index in [0.29, 0.717) is 0 Å². The summed E-state index contributed by atoms with van der Waals surface area (Å²) in [6.45, 7) is 1.36. The Morgan fingerprint density at radius 3 is 2.86 bits per heavy atom. The number of benzene rings is 1. The highest BCUT2D eigenvalue weighted by Crippen LogP contribution is 2.30. The van der Waals surface area contributed by atoms with Crippen molar-refractivity contribution in [3.05, 3.63) is 23.0 Å².